The first kappa shape index (κ1) is 91.7. The molecular formula is C70H147N9O2. The maximum atomic E-state index is 5.12. The molecule has 81 heavy (non-hydrogen) atoms. The summed E-state index contributed by atoms with van der Waals surface area (Å²) in [6, 6.07) is 16.3. The lowest BCUT2D eigenvalue weighted by molar-refractivity contribution is 0.195. The van der Waals surface area contributed by atoms with E-state index in [-0.39, 0.29) is 0 Å². The number of aromatic nitrogens is 3. The number of rotatable bonds is 24. The summed E-state index contributed by atoms with van der Waals surface area (Å²) in [5.74, 6) is 3.18. The average Bonchev–Trinajstić information content (AvgIpc) is 4.33. The van der Waals surface area contributed by atoms with Crippen molar-refractivity contribution in [1.29, 1.82) is 0 Å². The van der Waals surface area contributed by atoms with Gasteiger partial charge >= 0.3 is 0 Å². The molecule has 4 aromatic rings. The fraction of sp³-hybridized carbons (Fsp3) is 0.800. The van der Waals surface area contributed by atoms with Crippen molar-refractivity contribution in [3.8, 4) is 0 Å². The van der Waals surface area contributed by atoms with Crippen LogP contribution in [0.25, 0.3) is 11.0 Å². The predicted molar refractivity (Wildman–Crippen MR) is 368 cm³/mol. The van der Waals surface area contributed by atoms with Crippen LogP contribution in [-0.2, 0) is 0 Å². The summed E-state index contributed by atoms with van der Waals surface area (Å²) in [6.07, 6.45) is 21.5. The molecule has 11 nitrogen and oxygen atoms in total. The summed E-state index contributed by atoms with van der Waals surface area (Å²) < 4.78 is 9.45. The van der Waals surface area contributed by atoms with Crippen molar-refractivity contribution in [2.24, 2.45) is 23.7 Å². The predicted octanol–water partition coefficient (Wildman–Crippen LogP) is 20.1. The third kappa shape index (κ3) is 71.1. The molecule has 0 amide bonds. The molecule has 1 aromatic carbocycles. The molecule has 0 atom stereocenters. The fourth-order valence-electron chi connectivity index (χ4n) is 7.46. The zero-order valence-electron chi connectivity index (χ0n) is 59.7. The summed E-state index contributed by atoms with van der Waals surface area (Å²) >= 11 is 0. The van der Waals surface area contributed by atoms with Gasteiger partial charge in [-0.15, -0.1) is 0 Å². The molecule has 11 heteroatoms. The third-order valence-electron chi connectivity index (χ3n) is 11.6. The summed E-state index contributed by atoms with van der Waals surface area (Å²) in [4.78, 5) is 10.3. The quantitative estimate of drug-likeness (QED) is 0.0628. The Hall–Kier alpha value is -3.06. The number of aromatic amines is 1. The molecule has 1 aliphatic heterocycles. The molecule has 0 saturated carbocycles. The molecule has 1 fully saturated rings. The average molecular weight is 1150 g/mol. The number of unbranched alkanes of at least 4 members (excludes halogenated alkanes) is 4. The Bertz CT molecular complexity index is 1360. The van der Waals surface area contributed by atoms with Gasteiger partial charge in [0.05, 0.1) is 12.5 Å². The number of para-hydroxylation sites is 1. The number of nitrogens with zero attached hydrogens (tertiary/aromatic N) is 6. The normalized spacial score (nSPS) is 11.3. The molecule has 484 valence electrons. The van der Waals surface area contributed by atoms with Crippen LogP contribution < -0.4 is 10.9 Å². The van der Waals surface area contributed by atoms with Gasteiger partial charge in [0.1, 0.15) is 11.8 Å². The number of hydrogen-bond donors (Lipinski definition) is 3. The minimum absolute atomic E-state index is 0.707. The zero-order chi connectivity index (χ0) is 63.7. The van der Waals surface area contributed by atoms with Crippen LogP contribution in [0.5, 0.6) is 0 Å². The smallest absolute Gasteiger partial charge is 0.133 e. The highest BCUT2D eigenvalue weighted by molar-refractivity contribution is 5.76. The molecule has 1 saturated heterocycles. The van der Waals surface area contributed by atoms with E-state index >= 15 is 0 Å². The Morgan fingerprint density at radius 1 is 0.432 bits per heavy atom. The Morgan fingerprint density at radius 2 is 0.778 bits per heavy atom. The number of furan rings is 1. The van der Waals surface area contributed by atoms with E-state index in [2.05, 4.69) is 189 Å². The van der Waals surface area contributed by atoms with Crippen LogP contribution >= 0.6 is 0 Å². The van der Waals surface area contributed by atoms with E-state index in [4.69, 9.17) is 4.42 Å². The van der Waals surface area contributed by atoms with Gasteiger partial charge in [-0.2, -0.15) is 5.10 Å². The second-order valence-electron chi connectivity index (χ2n) is 22.3. The molecule has 3 N–H and O–H groups in total. The van der Waals surface area contributed by atoms with Gasteiger partial charge in [-0.1, -0.05) is 188 Å². The van der Waals surface area contributed by atoms with Crippen molar-refractivity contribution in [2.45, 2.75) is 282 Å². The van der Waals surface area contributed by atoms with Crippen molar-refractivity contribution < 1.29 is 8.94 Å². The highest BCUT2D eigenvalue weighted by Gasteiger charge is 2.12. The van der Waals surface area contributed by atoms with Gasteiger partial charge in [-0.3, -0.25) is 16.0 Å². The summed E-state index contributed by atoms with van der Waals surface area (Å²) in [5.41, 5.74) is 7.03. The third-order valence-corrected chi connectivity index (χ3v) is 11.6. The van der Waals surface area contributed by atoms with Crippen molar-refractivity contribution in [2.75, 3.05) is 65.4 Å². The molecule has 0 aliphatic carbocycles. The van der Waals surface area contributed by atoms with Crippen molar-refractivity contribution in [3.63, 3.8) is 0 Å². The van der Waals surface area contributed by atoms with Gasteiger partial charge in [0.25, 0.3) is 0 Å². The van der Waals surface area contributed by atoms with E-state index in [1.165, 1.54) is 123 Å². The Balaban J connectivity index is -0.000000154. The molecule has 0 unspecified atom stereocenters. The van der Waals surface area contributed by atoms with Gasteiger partial charge in [-0.05, 0) is 168 Å². The fourth-order valence-corrected chi connectivity index (χ4v) is 7.46. The molecule has 1 aliphatic rings. The van der Waals surface area contributed by atoms with E-state index < -0.39 is 0 Å². The standard InChI is InChI=1S/4C11H25N.C8H6O.C4H10N2.C3H4N2.C3H3NO.4C2H6/c4*1-6-7-8-12(11(4)5)9-10(2)3;1-2-4-8-7(3-1)5-6-9-8;1-2-4-6-5-3-1;2*1-2-4-5-3-1;4*1-2/h4*10-11H,6-9H2,1-5H3;1-6H;5-6H,1-4H2;1-3H,(H,4,5);1-3H;4*1-2H3. The zero-order valence-corrected chi connectivity index (χ0v) is 59.7. The van der Waals surface area contributed by atoms with E-state index in [9.17, 15) is 0 Å². The Labute approximate surface area is 508 Å². The minimum atomic E-state index is 0.707. The van der Waals surface area contributed by atoms with Crippen LogP contribution in [-0.4, -0.2) is 125 Å². The van der Waals surface area contributed by atoms with Gasteiger partial charge < -0.3 is 28.5 Å². The topological polar surface area (TPSA) is 105 Å². The molecule has 4 heterocycles. The highest BCUT2D eigenvalue weighted by Crippen LogP contribution is 2.13. The SMILES string of the molecule is C1CCNNC1.CC.CC.CC.CC.CCCCN(CC(C)C)C(C)C.CCCCN(CC(C)C)C(C)C.CCCCN(CC(C)C)C(C)C.CCCCN(CC(C)C)C(C)C.c1ccc2occc2c1.c1cn[nH]c1.c1cnoc1. The van der Waals surface area contributed by atoms with Crippen molar-refractivity contribution >= 4 is 11.0 Å². The molecule has 0 spiro atoms. The maximum Gasteiger partial charge on any atom is 0.133 e. The number of H-pyrrole nitrogens is 1. The summed E-state index contributed by atoms with van der Waals surface area (Å²) in [7, 11) is 0. The lowest BCUT2D eigenvalue weighted by Gasteiger charge is -2.27. The maximum absolute atomic E-state index is 5.12. The van der Waals surface area contributed by atoms with E-state index in [0.717, 1.165) is 47.7 Å². The van der Waals surface area contributed by atoms with Crippen LogP contribution in [0, 0.1) is 23.7 Å². The first-order valence-corrected chi connectivity index (χ1v) is 33.4. The summed E-state index contributed by atoms with van der Waals surface area (Å²) in [6.45, 7) is 74.0. The number of benzene rings is 1. The summed E-state index contributed by atoms with van der Waals surface area (Å²) in [5, 5.41) is 10.7. The van der Waals surface area contributed by atoms with Crippen LogP contribution in [0.3, 0.4) is 0 Å². The molecule has 0 bridgehead atoms. The first-order valence-electron chi connectivity index (χ1n) is 33.4. The van der Waals surface area contributed by atoms with E-state index in [1.807, 2.05) is 91.8 Å². The van der Waals surface area contributed by atoms with Crippen molar-refractivity contribution in [1.82, 2.24) is 45.8 Å². The monoisotopic (exact) mass is 1150 g/mol. The van der Waals surface area contributed by atoms with Gasteiger partial charge in [0.15, 0.2) is 0 Å². The van der Waals surface area contributed by atoms with Crippen LogP contribution in [0.4, 0.5) is 0 Å². The number of hydrazine groups is 1. The minimum Gasteiger partial charge on any atom is -0.464 e. The first-order chi connectivity index (χ1) is 38.8. The Morgan fingerprint density at radius 3 is 0.963 bits per heavy atom. The molecule has 3 aromatic heterocycles. The Kier molecular flexibility index (Phi) is 82.7. The highest BCUT2D eigenvalue weighted by atomic mass is 16.5. The molecule has 0 radical (unpaired) electrons. The number of hydrogen-bond acceptors (Lipinski definition) is 10. The van der Waals surface area contributed by atoms with E-state index in [1.54, 1.807) is 30.9 Å². The van der Waals surface area contributed by atoms with Crippen LogP contribution in [0.15, 0.2) is 82.5 Å². The second-order valence-corrected chi connectivity index (χ2v) is 22.3. The lowest BCUT2D eigenvalue weighted by atomic mass is 10.1. The largest absolute Gasteiger partial charge is 0.464 e. The number of fused-ring (bicyclic) bond motifs is 1. The second kappa shape index (κ2) is 73.0. The molecular weight excluding hydrogens is 999 g/mol. The van der Waals surface area contributed by atoms with Gasteiger partial charge in [-0.25, -0.2) is 0 Å². The van der Waals surface area contributed by atoms with Crippen molar-refractivity contribution in [3.05, 3.63) is 73.6 Å². The van der Waals surface area contributed by atoms with Gasteiger partial charge in [0.2, 0.25) is 0 Å². The van der Waals surface area contributed by atoms with E-state index in [0.29, 0.717) is 24.2 Å². The van der Waals surface area contributed by atoms with Gasteiger partial charge in [0, 0.05) is 81.2 Å². The molecule has 5 rings (SSSR count). The number of nitrogens with one attached hydrogen (secondary N) is 3. The van der Waals surface area contributed by atoms with Crippen LogP contribution in [0.1, 0.15) is 258 Å². The van der Waals surface area contributed by atoms with Crippen LogP contribution in [0.2, 0.25) is 0 Å². The lowest BCUT2D eigenvalue weighted by Crippen LogP contribution is -2.37.